The average molecular weight is 338 g/mol. The zero-order valence-electron chi connectivity index (χ0n) is 14.7. The first-order valence-corrected chi connectivity index (χ1v) is 8.32. The fraction of sp³-hybridized carbons (Fsp3) is 0.333. The number of pyridine rings is 1. The summed E-state index contributed by atoms with van der Waals surface area (Å²) in [5, 5.41) is 11.0. The van der Waals surface area contributed by atoms with Crippen LogP contribution in [0, 0.1) is 20.8 Å². The van der Waals surface area contributed by atoms with Gasteiger partial charge in [0.05, 0.1) is 11.2 Å². The van der Waals surface area contributed by atoms with E-state index in [2.05, 4.69) is 25.7 Å². The number of aromatic nitrogens is 4. The van der Waals surface area contributed by atoms with Gasteiger partial charge in [-0.2, -0.15) is 5.10 Å². The number of hydrogen-bond acceptors (Lipinski definition) is 4. The number of rotatable bonds is 5. The predicted octanol–water partition coefficient (Wildman–Crippen LogP) is 2.96. The zero-order valence-corrected chi connectivity index (χ0v) is 14.7. The third-order valence-corrected chi connectivity index (χ3v) is 3.91. The van der Waals surface area contributed by atoms with E-state index in [4.69, 9.17) is 0 Å². The summed E-state index contributed by atoms with van der Waals surface area (Å²) in [5.41, 5.74) is 2.58. The van der Waals surface area contributed by atoms with Crippen molar-refractivity contribution in [2.75, 3.05) is 11.9 Å². The highest BCUT2D eigenvalue weighted by Gasteiger charge is 2.07. The maximum absolute atomic E-state index is 12.1. The number of anilines is 1. The second-order valence-corrected chi connectivity index (χ2v) is 5.99. The first-order valence-electron chi connectivity index (χ1n) is 8.32. The quantitative estimate of drug-likeness (QED) is 0.701. The highest BCUT2D eigenvalue weighted by atomic mass is 16.2. The molecule has 0 spiro atoms. The molecule has 2 amide bonds. The molecule has 0 bridgehead atoms. The van der Waals surface area contributed by atoms with Gasteiger partial charge in [-0.05, 0) is 51.5 Å². The Morgan fingerprint density at radius 3 is 2.72 bits per heavy atom. The molecule has 2 N–H and O–H groups in total. The first-order chi connectivity index (χ1) is 12.0. The van der Waals surface area contributed by atoms with Crippen molar-refractivity contribution in [1.82, 2.24) is 25.1 Å². The van der Waals surface area contributed by atoms with Crippen molar-refractivity contribution in [1.29, 1.82) is 0 Å². The van der Waals surface area contributed by atoms with E-state index in [-0.39, 0.29) is 6.03 Å². The molecule has 2 aromatic heterocycles. The Morgan fingerprint density at radius 1 is 1.12 bits per heavy atom. The monoisotopic (exact) mass is 338 g/mol. The highest BCUT2D eigenvalue weighted by Crippen LogP contribution is 2.22. The van der Waals surface area contributed by atoms with E-state index in [0.29, 0.717) is 6.54 Å². The summed E-state index contributed by atoms with van der Waals surface area (Å²) in [6.07, 6.45) is 0.785. The molecule has 7 heteroatoms. The van der Waals surface area contributed by atoms with E-state index in [1.54, 1.807) is 0 Å². The number of hydrogen-bond donors (Lipinski definition) is 2. The van der Waals surface area contributed by atoms with Crippen molar-refractivity contribution in [3.63, 3.8) is 0 Å². The van der Waals surface area contributed by atoms with Gasteiger partial charge in [-0.15, -0.1) is 0 Å². The van der Waals surface area contributed by atoms with Gasteiger partial charge >= 0.3 is 6.03 Å². The third-order valence-electron chi connectivity index (χ3n) is 3.91. The summed E-state index contributed by atoms with van der Waals surface area (Å²) in [4.78, 5) is 20.9. The van der Waals surface area contributed by atoms with E-state index < -0.39 is 0 Å². The molecule has 7 nitrogen and oxygen atoms in total. The second kappa shape index (κ2) is 7.29. The Labute approximate surface area is 146 Å². The Kier molecular flexibility index (Phi) is 4.92. The van der Waals surface area contributed by atoms with Gasteiger partial charge in [0.1, 0.15) is 11.6 Å². The molecule has 3 rings (SSSR count). The fourth-order valence-electron chi connectivity index (χ4n) is 2.74. The van der Waals surface area contributed by atoms with Crippen molar-refractivity contribution >= 4 is 22.6 Å². The standard InChI is InChI=1S/C18H22N6O/c1-12-8-9-15-16(20-12)6-4-7-17(15)22-18(25)19-10-5-11-24-14(3)21-13(2)23-24/h4,6-9H,5,10-11H2,1-3H3,(H2,19,22,25). The van der Waals surface area contributed by atoms with Crippen LogP contribution < -0.4 is 10.6 Å². The first kappa shape index (κ1) is 16.9. The summed E-state index contributed by atoms with van der Waals surface area (Å²) >= 11 is 0. The predicted molar refractivity (Wildman–Crippen MR) is 97.6 cm³/mol. The molecule has 0 unspecified atom stereocenters. The number of amides is 2. The Balaban J connectivity index is 1.54. The molecular weight excluding hydrogens is 316 g/mol. The second-order valence-electron chi connectivity index (χ2n) is 5.99. The van der Waals surface area contributed by atoms with Crippen LogP contribution in [0.3, 0.4) is 0 Å². The van der Waals surface area contributed by atoms with Crippen LogP contribution in [0.2, 0.25) is 0 Å². The van der Waals surface area contributed by atoms with Gasteiger partial charge in [-0.1, -0.05) is 6.07 Å². The Morgan fingerprint density at radius 2 is 1.96 bits per heavy atom. The van der Waals surface area contributed by atoms with Gasteiger partial charge in [0.2, 0.25) is 0 Å². The van der Waals surface area contributed by atoms with Crippen LogP contribution in [0.5, 0.6) is 0 Å². The molecule has 130 valence electrons. The number of carbonyl (C=O) groups excluding carboxylic acids is 1. The summed E-state index contributed by atoms with van der Waals surface area (Å²) in [6.45, 7) is 7.04. The molecule has 0 aliphatic carbocycles. The van der Waals surface area contributed by atoms with Gasteiger partial charge in [0.15, 0.2) is 0 Å². The van der Waals surface area contributed by atoms with Crippen LogP contribution in [0.4, 0.5) is 10.5 Å². The molecule has 0 atom stereocenters. The van der Waals surface area contributed by atoms with E-state index in [0.717, 1.165) is 46.9 Å². The number of nitrogens with one attached hydrogen (secondary N) is 2. The van der Waals surface area contributed by atoms with Crippen LogP contribution in [0.1, 0.15) is 23.8 Å². The maximum Gasteiger partial charge on any atom is 0.319 e. The molecule has 0 radical (unpaired) electrons. The van der Waals surface area contributed by atoms with Crippen LogP contribution >= 0.6 is 0 Å². The lowest BCUT2D eigenvalue weighted by molar-refractivity contribution is 0.251. The number of fused-ring (bicyclic) bond motifs is 1. The van der Waals surface area contributed by atoms with Gasteiger partial charge in [-0.25, -0.2) is 9.78 Å². The molecular formula is C18H22N6O. The summed E-state index contributed by atoms with van der Waals surface area (Å²) in [6, 6.07) is 9.39. The van der Waals surface area contributed by atoms with Gasteiger partial charge in [-0.3, -0.25) is 9.67 Å². The molecule has 0 aliphatic rings. The van der Waals surface area contributed by atoms with Crippen molar-refractivity contribution < 1.29 is 4.79 Å². The van der Waals surface area contributed by atoms with E-state index in [1.165, 1.54) is 0 Å². The number of urea groups is 1. The van der Waals surface area contributed by atoms with Crippen molar-refractivity contribution in [2.24, 2.45) is 0 Å². The molecule has 0 saturated heterocycles. The lowest BCUT2D eigenvalue weighted by atomic mass is 10.1. The number of nitrogens with zero attached hydrogens (tertiary/aromatic N) is 4. The van der Waals surface area contributed by atoms with Crippen molar-refractivity contribution in [2.45, 2.75) is 33.7 Å². The molecule has 0 aliphatic heterocycles. The largest absolute Gasteiger partial charge is 0.338 e. The van der Waals surface area contributed by atoms with Crippen LogP contribution in [0.25, 0.3) is 10.9 Å². The lowest BCUT2D eigenvalue weighted by Crippen LogP contribution is -2.30. The molecule has 3 aromatic rings. The molecule has 0 fully saturated rings. The van der Waals surface area contributed by atoms with Gasteiger partial charge < -0.3 is 10.6 Å². The molecule has 2 heterocycles. The number of benzene rings is 1. The minimum absolute atomic E-state index is 0.223. The van der Waals surface area contributed by atoms with E-state index >= 15 is 0 Å². The van der Waals surface area contributed by atoms with Crippen molar-refractivity contribution in [3.05, 3.63) is 47.7 Å². The average Bonchev–Trinajstić information content (AvgIpc) is 2.89. The Bertz CT molecular complexity index is 902. The van der Waals surface area contributed by atoms with Crippen LogP contribution in [-0.2, 0) is 6.54 Å². The molecule has 1 aromatic carbocycles. The number of carbonyl (C=O) groups is 1. The van der Waals surface area contributed by atoms with Gasteiger partial charge in [0, 0.05) is 24.2 Å². The SMILES string of the molecule is Cc1ccc2c(NC(=O)NCCCn3nc(C)nc3C)cccc2n1. The van der Waals surface area contributed by atoms with Gasteiger partial charge in [0.25, 0.3) is 0 Å². The fourth-order valence-corrected chi connectivity index (χ4v) is 2.74. The van der Waals surface area contributed by atoms with Crippen LogP contribution in [-0.4, -0.2) is 32.3 Å². The summed E-state index contributed by atoms with van der Waals surface area (Å²) in [7, 11) is 0. The number of aryl methyl sites for hydroxylation is 4. The summed E-state index contributed by atoms with van der Waals surface area (Å²) < 4.78 is 1.85. The van der Waals surface area contributed by atoms with E-state index in [1.807, 2.05) is 55.8 Å². The molecule has 25 heavy (non-hydrogen) atoms. The lowest BCUT2D eigenvalue weighted by Gasteiger charge is -2.10. The maximum atomic E-state index is 12.1. The third kappa shape index (κ3) is 4.12. The normalized spacial score (nSPS) is 10.8. The summed E-state index contributed by atoms with van der Waals surface area (Å²) in [5.74, 6) is 1.66. The Hall–Kier alpha value is -2.96. The minimum atomic E-state index is -0.223. The zero-order chi connectivity index (χ0) is 17.8. The smallest absolute Gasteiger partial charge is 0.319 e. The minimum Gasteiger partial charge on any atom is -0.338 e. The topological polar surface area (TPSA) is 84.7 Å². The van der Waals surface area contributed by atoms with Crippen molar-refractivity contribution in [3.8, 4) is 0 Å². The van der Waals surface area contributed by atoms with Crippen LogP contribution in [0.15, 0.2) is 30.3 Å². The van der Waals surface area contributed by atoms with E-state index in [9.17, 15) is 4.79 Å². The highest BCUT2D eigenvalue weighted by molar-refractivity contribution is 6.00. The molecule has 0 saturated carbocycles.